The average molecular weight is 290 g/mol. The van der Waals surface area contributed by atoms with Gasteiger partial charge in [0.25, 0.3) is 0 Å². The van der Waals surface area contributed by atoms with Gasteiger partial charge >= 0.3 is 5.97 Å². The minimum Gasteiger partial charge on any atom is -0.469 e. The van der Waals surface area contributed by atoms with Crippen molar-refractivity contribution in [1.82, 2.24) is 4.98 Å². The van der Waals surface area contributed by atoms with Crippen molar-refractivity contribution >= 4 is 22.4 Å². The van der Waals surface area contributed by atoms with E-state index in [2.05, 4.69) is 34.1 Å². The predicted octanol–water partition coefficient (Wildman–Crippen LogP) is 3.42. The van der Waals surface area contributed by atoms with Crippen LogP contribution < -0.4 is 5.32 Å². The van der Waals surface area contributed by atoms with E-state index >= 15 is 0 Å². The molecule has 0 saturated carbocycles. The van der Waals surface area contributed by atoms with E-state index in [0.717, 1.165) is 10.8 Å². The molecular weight excluding hydrogens is 272 g/mol. The minimum atomic E-state index is -0.204. The van der Waals surface area contributed by atoms with Crippen molar-refractivity contribution < 1.29 is 9.53 Å². The summed E-state index contributed by atoms with van der Waals surface area (Å²) in [5.74, 6) is -0.204. The lowest BCUT2D eigenvalue weighted by molar-refractivity contribution is -0.140. The van der Waals surface area contributed by atoms with Gasteiger partial charge in [-0.05, 0) is 12.5 Å². The molecule has 2 aromatic rings. The van der Waals surface area contributed by atoms with Gasteiger partial charge in [-0.15, -0.1) is 11.3 Å². The number of methoxy groups -OCH3 is 1. The minimum absolute atomic E-state index is 0.204. The number of hydrogen-bond donors (Lipinski definition) is 1. The van der Waals surface area contributed by atoms with Gasteiger partial charge in [-0.3, -0.25) is 4.79 Å². The summed E-state index contributed by atoms with van der Waals surface area (Å²) in [5.41, 5.74) is 2.14. The number of nitrogens with one attached hydrogen (secondary N) is 1. The molecule has 2 rings (SSSR count). The number of ether oxygens (including phenoxy) is 1. The number of rotatable bonds is 6. The van der Waals surface area contributed by atoms with Crippen LogP contribution in [0.1, 0.15) is 30.6 Å². The van der Waals surface area contributed by atoms with Gasteiger partial charge in [0.2, 0.25) is 0 Å². The van der Waals surface area contributed by atoms with Crippen molar-refractivity contribution in [1.29, 1.82) is 0 Å². The average Bonchev–Trinajstić information content (AvgIpc) is 2.93. The Bertz CT molecular complexity index is 554. The molecule has 5 heteroatoms. The van der Waals surface area contributed by atoms with Crippen LogP contribution in [0.25, 0.3) is 0 Å². The molecule has 0 spiro atoms. The molecule has 0 aliphatic carbocycles. The topological polar surface area (TPSA) is 51.2 Å². The highest BCUT2D eigenvalue weighted by Gasteiger charge is 2.09. The molecule has 1 atom stereocenters. The van der Waals surface area contributed by atoms with Crippen molar-refractivity contribution in [3.63, 3.8) is 0 Å². The standard InChI is InChI=1S/C15H18N2O2S/c1-11(12-6-4-3-5-7-12)16-15-17-13(10-20-15)8-9-14(18)19-2/h3-7,10-11H,8-9H2,1-2H3,(H,16,17). The molecule has 1 heterocycles. The number of nitrogens with zero attached hydrogens (tertiary/aromatic N) is 1. The monoisotopic (exact) mass is 290 g/mol. The van der Waals surface area contributed by atoms with Crippen LogP contribution in [0.15, 0.2) is 35.7 Å². The Morgan fingerprint density at radius 2 is 2.15 bits per heavy atom. The predicted molar refractivity (Wildman–Crippen MR) is 80.9 cm³/mol. The molecule has 106 valence electrons. The molecule has 1 N–H and O–H groups in total. The zero-order valence-corrected chi connectivity index (χ0v) is 12.4. The molecule has 1 aromatic heterocycles. The number of anilines is 1. The molecule has 20 heavy (non-hydrogen) atoms. The van der Waals surface area contributed by atoms with Gasteiger partial charge in [0.1, 0.15) is 0 Å². The number of hydrogen-bond acceptors (Lipinski definition) is 5. The van der Waals surface area contributed by atoms with Crippen LogP contribution in [0, 0.1) is 0 Å². The molecule has 1 aromatic carbocycles. The van der Waals surface area contributed by atoms with E-state index in [9.17, 15) is 4.79 Å². The molecule has 0 aliphatic heterocycles. The Hall–Kier alpha value is -1.88. The Balaban J connectivity index is 1.91. The molecule has 0 fully saturated rings. The summed E-state index contributed by atoms with van der Waals surface area (Å²) in [6.07, 6.45) is 0.985. The van der Waals surface area contributed by atoms with E-state index in [1.165, 1.54) is 12.7 Å². The third-order valence-electron chi connectivity index (χ3n) is 3.00. The fourth-order valence-corrected chi connectivity index (χ4v) is 2.66. The van der Waals surface area contributed by atoms with E-state index in [1.807, 2.05) is 23.6 Å². The number of benzene rings is 1. The summed E-state index contributed by atoms with van der Waals surface area (Å²) in [4.78, 5) is 15.6. The first-order chi connectivity index (χ1) is 9.69. The van der Waals surface area contributed by atoms with Gasteiger partial charge in [0.15, 0.2) is 5.13 Å². The first-order valence-corrected chi connectivity index (χ1v) is 7.39. The second-order valence-electron chi connectivity index (χ2n) is 4.50. The fraction of sp³-hybridized carbons (Fsp3) is 0.333. The highest BCUT2D eigenvalue weighted by atomic mass is 32.1. The number of carbonyl (C=O) groups excluding carboxylic acids is 1. The van der Waals surface area contributed by atoms with Gasteiger partial charge in [-0.2, -0.15) is 0 Å². The Morgan fingerprint density at radius 1 is 1.40 bits per heavy atom. The molecule has 0 aliphatic rings. The van der Waals surface area contributed by atoms with Gasteiger partial charge in [-0.1, -0.05) is 30.3 Å². The Kier molecular flexibility index (Phi) is 5.12. The van der Waals surface area contributed by atoms with Gasteiger partial charge < -0.3 is 10.1 Å². The van der Waals surface area contributed by atoms with Crippen molar-refractivity contribution in [2.45, 2.75) is 25.8 Å². The van der Waals surface area contributed by atoms with Gasteiger partial charge in [0, 0.05) is 11.8 Å². The summed E-state index contributed by atoms with van der Waals surface area (Å²) in [5, 5.41) is 6.22. The van der Waals surface area contributed by atoms with Crippen LogP contribution in [-0.2, 0) is 16.0 Å². The van der Waals surface area contributed by atoms with Crippen LogP contribution in [0.2, 0.25) is 0 Å². The summed E-state index contributed by atoms with van der Waals surface area (Å²) < 4.78 is 4.62. The third-order valence-corrected chi connectivity index (χ3v) is 3.83. The SMILES string of the molecule is COC(=O)CCc1csc(NC(C)c2ccccc2)n1. The van der Waals surface area contributed by atoms with Crippen LogP contribution in [0.4, 0.5) is 5.13 Å². The van der Waals surface area contributed by atoms with Crippen LogP contribution in [-0.4, -0.2) is 18.1 Å². The first kappa shape index (κ1) is 14.5. The van der Waals surface area contributed by atoms with E-state index in [-0.39, 0.29) is 12.0 Å². The highest BCUT2D eigenvalue weighted by molar-refractivity contribution is 7.13. The zero-order chi connectivity index (χ0) is 14.4. The molecule has 0 amide bonds. The van der Waals surface area contributed by atoms with E-state index in [0.29, 0.717) is 12.8 Å². The zero-order valence-electron chi connectivity index (χ0n) is 11.6. The number of aromatic nitrogens is 1. The smallest absolute Gasteiger partial charge is 0.305 e. The lowest BCUT2D eigenvalue weighted by Crippen LogP contribution is -2.06. The number of carbonyl (C=O) groups is 1. The fourth-order valence-electron chi connectivity index (χ4n) is 1.83. The van der Waals surface area contributed by atoms with E-state index < -0.39 is 0 Å². The van der Waals surface area contributed by atoms with Crippen molar-refractivity contribution in [2.24, 2.45) is 0 Å². The van der Waals surface area contributed by atoms with E-state index in [4.69, 9.17) is 0 Å². The largest absolute Gasteiger partial charge is 0.469 e. The maximum Gasteiger partial charge on any atom is 0.305 e. The maximum atomic E-state index is 11.1. The molecule has 0 saturated heterocycles. The molecule has 0 bridgehead atoms. The number of esters is 1. The normalized spacial score (nSPS) is 11.9. The maximum absolute atomic E-state index is 11.1. The third kappa shape index (κ3) is 4.06. The van der Waals surface area contributed by atoms with Crippen molar-refractivity contribution in [3.8, 4) is 0 Å². The molecular formula is C15H18N2O2S. The summed E-state index contributed by atoms with van der Waals surface area (Å²) in [6.45, 7) is 2.10. The lowest BCUT2D eigenvalue weighted by atomic mass is 10.1. The second-order valence-corrected chi connectivity index (χ2v) is 5.35. The first-order valence-electron chi connectivity index (χ1n) is 6.51. The van der Waals surface area contributed by atoms with Crippen molar-refractivity contribution in [2.75, 3.05) is 12.4 Å². The summed E-state index contributed by atoms with van der Waals surface area (Å²) in [7, 11) is 1.40. The van der Waals surface area contributed by atoms with Gasteiger partial charge in [0.05, 0.1) is 25.3 Å². The number of aryl methyl sites for hydroxylation is 1. The van der Waals surface area contributed by atoms with Crippen LogP contribution in [0.5, 0.6) is 0 Å². The van der Waals surface area contributed by atoms with Gasteiger partial charge in [-0.25, -0.2) is 4.98 Å². The quantitative estimate of drug-likeness (QED) is 0.828. The highest BCUT2D eigenvalue weighted by Crippen LogP contribution is 2.22. The van der Waals surface area contributed by atoms with Crippen molar-refractivity contribution in [3.05, 3.63) is 47.0 Å². The second kappa shape index (κ2) is 7.05. The lowest BCUT2D eigenvalue weighted by Gasteiger charge is -2.12. The van der Waals surface area contributed by atoms with E-state index in [1.54, 1.807) is 11.3 Å². The summed E-state index contributed by atoms with van der Waals surface area (Å²) >= 11 is 1.56. The molecule has 1 unspecified atom stereocenters. The van der Waals surface area contributed by atoms with Crippen LogP contribution >= 0.6 is 11.3 Å². The molecule has 0 radical (unpaired) electrons. The Labute approximate surface area is 122 Å². The summed E-state index contributed by atoms with van der Waals surface area (Å²) in [6, 6.07) is 10.4. The molecule has 4 nitrogen and oxygen atoms in total. The van der Waals surface area contributed by atoms with Crippen LogP contribution in [0.3, 0.4) is 0 Å². The Morgan fingerprint density at radius 3 is 2.85 bits per heavy atom. The number of thiazole rings is 1.